The Labute approximate surface area is 141 Å². The molecule has 0 aliphatic heterocycles. The summed E-state index contributed by atoms with van der Waals surface area (Å²) in [6, 6.07) is 6.12. The second-order valence-corrected chi connectivity index (χ2v) is 6.14. The zero-order chi connectivity index (χ0) is 18.2. The number of benzene rings is 1. The Balaban J connectivity index is 2.25. The Kier molecular flexibility index (Phi) is 7.42. The molecule has 6 nitrogen and oxygen atoms in total. The van der Waals surface area contributed by atoms with Crippen LogP contribution in [0.5, 0.6) is 0 Å². The number of carbonyl (C=O) groups excluding carboxylic acids is 2. The Morgan fingerprint density at radius 2 is 1.71 bits per heavy atom. The van der Waals surface area contributed by atoms with Gasteiger partial charge in [0.15, 0.2) is 0 Å². The minimum absolute atomic E-state index is 0.0847. The van der Waals surface area contributed by atoms with Crippen molar-refractivity contribution < 1.29 is 29.0 Å². The lowest BCUT2D eigenvalue weighted by Crippen LogP contribution is -2.26. The zero-order valence-corrected chi connectivity index (χ0v) is 14.3. The molecule has 24 heavy (non-hydrogen) atoms. The SMILES string of the molecule is CCC(C)(C)C(=O)OCCCC(=O)OCc1ccc(C(=O)O)cc1. The summed E-state index contributed by atoms with van der Waals surface area (Å²) in [5.41, 5.74) is 0.383. The highest BCUT2D eigenvalue weighted by molar-refractivity contribution is 5.87. The molecule has 0 atom stereocenters. The van der Waals surface area contributed by atoms with Crippen molar-refractivity contribution in [1.82, 2.24) is 0 Å². The van der Waals surface area contributed by atoms with E-state index in [9.17, 15) is 14.4 Å². The number of aromatic carboxylic acids is 1. The van der Waals surface area contributed by atoms with E-state index >= 15 is 0 Å². The van der Waals surface area contributed by atoms with Crippen LogP contribution in [-0.2, 0) is 25.7 Å². The van der Waals surface area contributed by atoms with Gasteiger partial charge in [-0.1, -0.05) is 19.1 Å². The summed E-state index contributed by atoms with van der Waals surface area (Å²) < 4.78 is 10.2. The van der Waals surface area contributed by atoms with Crippen LogP contribution in [0.2, 0.25) is 0 Å². The van der Waals surface area contributed by atoms with Gasteiger partial charge in [0.2, 0.25) is 0 Å². The van der Waals surface area contributed by atoms with Crippen LogP contribution in [0.1, 0.15) is 56.0 Å². The highest BCUT2D eigenvalue weighted by atomic mass is 16.5. The fourth-order valence-corrected chi connectivity index (χ4v) is 1.70. The van der Waals surface area contributed by atoms with Crippen LogP contribution in [0.15, 0.2) is 24.3 Å². The third kappa shape index (κ3) is 6.40. The van der Waals surface area contributed by atoms with Crippen molar-refractivity contribution in [3.8, 4) is 0 Å². The first kappa shape index (κ1) is 19.7. The van der Waals surface area contributed by atoms with E-state index in [2.05, 4.69) is 0 Å². The largest absolute Gasteiger partial charge is 0.478 e. The number of carboxylic acid groups (broad SMARTS) is 1. The number of rotatable bonds is 9. The first-order valence-electron chi connectivity index (χ1n) is 7.91. The quantitative estimate of drug-likeness (QED) is 0.550. The van der Waals surface area contributed by atoms with Crippen LogP contribution in [0.25, 0.3) is 0 Å². The molecule has 6 heteroatoms. The van der Waals surface area contributed by atoms with Crippen LogP contribution in [0.4, 0.5) is 0 Å². The van der Waals surface area contributed by atoms with E-state index in [0.29, 0.717) is 18.4 Å². The monoisotopic (exact) mass is 336 g/mol. The third-order valence-electron chi connectivity index (χ3n) is 3.80. The average molecular weight is 336 g/mol. The number of hydrogen-bond acceptors (Lipinski definition) is 5. The molecular formula is C18H24O6. The summed E-state index contributed by atoms with van der Waals surface area (Å²) in [6.45, 7) is 5.83. The molecule has 0 fully saturated rings. The average Bonchev–Trinajstić information content (AvgIpc) is 2.56. The van der Waals surface area contributed by atoms with Crippen molar-refractivity contribution in [2.75, 3.05) is 6.61 Å². The molecule has 0 unspecified atom stereocenters. The van der Waals surface area contributed by atoms with Gasteiger partial charge in [-0.2, -0.15) is 0 Å². The van der Waals surface area contributed by atoms with Gasteiger partial charge in [0.25, 0.3) is 0 Å². The van der Waals surface area contributed by atoms with Gasteiger partial charge in [-0.15, -0.1) is 0 Å². The fourth-order valence-electron chi connectivity index (χ4n) is 1.70. The maximum atomic E-state index is 11.7. The molecular weight excluding hydrogens is 312 g/mol. The van der Waals surface area contributed by atoms with E-state index in [1.165, 1.54) is 12.1 Å². The van der Waals surface area contributed by atoms with Gasteiger partial charge < -0.3 is 14.6 Å². The maximum absolute atomic E-state index is 11.7. The molecule has 0 saturated heterocycles. The van der Waals surface area contributed by atoms with Crippen molar-refractivity contribution >= 4 is 17.9 Å². The Bertz CT molecular complexity index is 574. The highest BCUT2D eigenvalue weighted by Crippen LogP contribution is 2.21. The summed E-state index contributed by atoms with van der Waals surface area (Å²) in [7, 11) is 0. The topological polar surface area (TPSA) is 89.9 Å². The second kappa shape index (κ2) is 9.05. The van der Waals surface area contributed by atoms with Crippen molar-refractivity contribution in [3.63, 3.8) is 0 Å². The molecule has 0 spiro atoms. The molecule has 0 amide bonds. The summed E-state index contributed by atoms with van der Waals surface area (Å²) in [6.07, 6.45) is 1.25. The standard InChI is InChI=1S/C18H24O6/c1-4-18(2,3)17(22)23-11-5-6-15(19)24-12-13-7-9-14(10-8-13)16(20)21/h7-10H,4-6,11-12H2,1-3H3,(H,20,21). The Morgan fingerprint density at radius 1 is 1.08 bits per heavy atom. The number of carboxylic acids is 1. The third-order valence-corrected chi connectivity index (χ3v) is 3.80. The summed E-state index contributed by atoms with van der Waals surface area (Å²) in [5.74, 6) is -1.65. The lowest BCUT2D eigenvalue weighted by Gasteiger charge is -2.20. The van der Waals surface area contributed by atoms with Gasteiger partial charge in [0.1, 0.15) is 6.61 Å². The first-order chi connectivity index (χ1) is 11.3. The van der Waals surface area contributed by atoms with Crippen LogP contribution < -0.4 is 0 Å². The molecule has 1 N–H and O–H groups in total. The number of esters is 2. The van der Waals surface area contributed by atoms with Gasteiger partial charge in [0.05, 0.1) is 17.6 Å². The van der Waals surface area contributed by atoms with E-state index < -0.39 is 11.4 Å². The van der Waals surface area contributed by atoms with Gasteiger partial charge >= 0.3 is 17.9 Å². The van der Waals surface area contributed by atoms with Crippen LogP contribution >= 0.6 is 0 Å². The molecule has 0 saturated carbocycles. The van der Waals surface area contributed by atoms with E-state index in [1.54, 1.807) is 12.1 Å². The number of hydrogen-bond donors (Lipinski definition) is 1. The van der Waals surface area contributed by atoms with E-state index in [-0.39, 0.29) is 37.1 Å². The molecule has 1 aromatic rings. The number of ether oxygens (including phenoxy) is 2. The molecule has 0 aliphatic rings. The molecule has 0 aromatic heterocycles. The first-order valence-corrected chi connectivity index (χ1v) is 7.91. The highest BCUT2D eigenvalue weighted by Gasteiger charge is 2.26. The van der Waals surface area contributed by atoms with E-state index in [0.717, 1.165) is 0 Å². The molecule has 0 heterocycles. The van der Waals surface area contributed by atoms with Crippen molar-refractivity contribution in [2.45, 2.75) is 46.6 Å². The van der Waals surface area contributed by atoms with Gasteiger partial charge in [-0.05, 0) is 44.4 Å². The van der Waals surface area contributed by atoms with Crippen LogP contribution in [-0.4, -0.2) is 29.6 Å². The Hall–Kier alpha value is -2.37. The summed E-state index contributed by atoms with van der Waals surface area (Å²) in [4.78, 5) is 34.1. The lowest BCUT2D eigenvalue weighted by molar-refractivity contribution is -0.155. The zero-order valence-electron chi connectivity index (χ0n) is 14.3. The second-order valence-electron chi connectivity index (χ2n) is 6.14. The van der Waals surface area contributed by atoms with Crippen molar-refractivity contribution in [1.29, 1.82) is 0 Å². The predicted molar refractivity (Wildman–Crippen MR) is 87.5 cm³/mol. The summed E-state index contributed by atoms with van der Waals surface area (Å²) in [5, 5.41) is 8.80. The van der Waals surface area contributed by atoms with Crippen LogP contribution in [0, 0.1) is 5.41 Å². The van der Waals surface area contributed by atoms with E-state index in [1.807, 2.05) is 20.8 Å². The predicted octanol–water partition coefficient (Wildman–Crippen LogP) is 3.19. The fraction of sp³-hybridized carbons (Fsp3) is 0.500. The smallest absolute Gasteiger partial charge is 0.335 e. The molecule has 1 aromatic carbocycles. The Morgan fingerprint density at radius 3 is 2.25 bits per heavy atom. The van der Waals surface area contributed by atoms with Crippen molar-refractivity contribution in [2.24, 2.45) is 5.41 Å². The minimum atomic E-state index is -1.00. The van der Waals surface area contributed by atoms with Gasteiger partial charge in [-0.25, -0.2) is 4.79 Å². The van der Waals surface area contributed by atoms with E-state index in [4.69, 9.17) is 14.6 Å². The maximum Gasteiger partial charge on any atom is 0.335 e. The normalized spacial score (nSPS) is 11.0. The number of carbonyl (C=O) groups is 3. The van der Waals surface area contributed by atoms with Crippen LogP contribution in [0.3, 0.4) is 0 Å². The van der Waals surface area contributed by atoms with Gasteiger partial charge in [-0.3, -0.25) is 9.59 Å². The van der Waals surface area contributed by atoms with Crippen molar-refractivity contribution in [3.05, 3.63) is 35.4 Å². The molecule has 0 aliphatic carbocycles. The summed E-state index contributed by atoms with van der Waals surface area (Å²) >= 11 is 0. The minimum Gasteiger partial charge on any atom is -0.478 e. The molecule has 1 rings (SSSR count). The molecule has 0 radical (unpaired) electrons. The molecule has 132 valence electrons. The molecule has 0 bridgehead atoms. The lowest BCUT2D eigenvalue weighted by atomic mass is 9.91. The van der Waals surface area contributed by atoms with Gasteiger partial charge in [0, 0.05) is 6.42 Å².